The third kappa shape index (κ3) is 4.72. The first kappa shape index (κ1) is 23.6. The van der Waals surface area contributed by atoms with Crippen LogP contribution in [0.3, 0.4) is 0 Å². The smallest absolute Gasteiger partial charge is 0.263 e. The quantitative estimate of drug-likeness (QED) is 0.392. The maximum absolute atomic E-state index is 12.4. The number of carbonyl (C=O) groups excluding carboxylic acids is 2. The van der Waals surface area contributed by atoms with Crippen molar-refractivity contribution in [1.82, 2.24) is 25.2 Å². The molecule has 1 aliphatic heterocycles. The van der Waals surface area contributed by atoms with Gasteiger partial charge in [-0.25, -0.2) is 18.7 Å². The highest BCUT2D eigenvalue weighted by molar-refractivity contribution is 7.17. The number of likely N-dealkylation sites (tertiary alicyclic amines) is 1. The van der Waals surface area contributed by atoms with Gasteiger partial charge < -0.3 is 25.6 Å². The number of H-pyrrole nitrogens is 1. The number of hydrogen-bond donors (Lipinski definition) is 4. The lowest BCUT2D eigenvalue weighted by Gasteiger charge is -2.22. The highest BCUT2D eigenvalue weighted by Gasteiger charge is 2.43. The fourth-order valence-electron chi connectivity index (χ4n) is 5.15. The van der Waals surface area contributed by atoms with Crippen molar-refractivity contribution >= 4 is 39.9 Å². The van der Waals surface area contributed by atoms with E-state index in [0.29, 0.717) is 29.9 Å². The average Bonchev–Trinajstić information content (AvgIpc) is 3.59. The molecule has 0 aromatic carbocycles. The zero-order chi connectivity index (χ0) is 24.7. The van der Waals surface area contributed by atoms with Crippen molar-refractivity contribution in [2.75, 3.05) is 25.0 Å². The van der Waals surface area contributed by atoms with Crippen LogP contribution in [0.2, 0.25) is 0 Å². The van der Waals surface area contributed by atoms with Crippen molar-refractivity contribution in [3.8, 4) is 10.6 Å². The lowest BCUT2D eigenvalue weighted by molar-refractivity contribution is -0.138. The van der Waals surface area contributed by atoms with Gasteiger partial charge in [-0.3, -0.25) is 9.59 Å². The molecule has 4 heterocycles. The molecule has 1 saturated heterocycles. The topological polar surface area (TPSA) is 123 Å². The number of halogens is 2. The lowest BCUT2D eigenvalue weighted by atomic mass is 10.0. The Labute approximate surface area is 203 Å². The number of carbonyl (C=O) groups is 2. The number of hydrogen-bond acceptors (Lipinski definition) is 7. The molecule has 3 aromatic rings. The molecule has 5 rings (SSSR count). The molecule has 2 aliphatic rings. The van der Waals surface area contributed by atoms with Gasteiger partial charge in [0.25, 0.3) is 18.2 Å². The molecule has 0 spiro atoms. The Morgan fingerprint density at radius 2 is 2.00 bits per heavy atom. The van der Waals surface area contributed by atoms with Gasteiger partial charge >= 0.3 is 0 Å². The van der Waals surface area contributed by atoms with Gasteiger partial charge in [-0.2, -0.15) is 0 Å². The largest absolute Gasteiger partial charge is 0.384 e. The van der Waals surface area contributed by atoms with Crippen LogP contribution < -0.4 is 10.6 Å². The van der Waals surface area contributed by atoms with Crippen LogP contribution >= 0.6 is 11.3 Å². The van der Waals surface area contributed by atoms with Crippen LogP contribution in [0.15, 0.2) is 24.7 Å². The summed E-state index contributed by atoms with van der Waals surface area (Å²) in [6.45, 7) is 2.10. The second-order valence-corrected chi connectivity index (χ2v) is 10.2. The Balaban J connectivity index is 1.35. The molecule has 12 heteroatoms. The Morgan fingerprint density at radius 1 is 1.26 bits per heavy atom. The van der Waals surface area contributed by atoms with E-state index < -0.39 is 25.0 Å². The van der Waals surface area contributed by atoms with Gasteiger partial charge in [0.2, 0.25) is 0 Å². The maximum atomic E-state index is 12.4. The number of amides is 2. The molecule has 9 nitrogen and oxygen atoms in total. The number of nitrogens with one attached hydrogen (secondary N) is 3. The Kier molecular flexibility index (Phi) is 6.41. The number of aliphatic hydroxyl groups excluding tert-OH is 1. The minimum Gasteiger partial charge on any atom is -0.384 e. The van der Waals surface area contributed by atoms with Crippen LogP contribution in [0.25, 0.3) is 21.6 Å². The Morgan fingerprint density at radius 3 is 2.69 bits per heavy atom. The summed E-state index contributed by atoms with van der Waals surface area (Å²) < 4.78 is 24.9. The summed E-state index contributed by atoms with van der Waals surface area (Å²) in [5.41, 5.74) is 2.31. The summed E-state index contributed by atoms with van der Waals surface area (Å²) in [4.78, 5) is 38.3. The molecule has 0 bridgehead atoms. The molecule has 35 heavy (non-hydrogen) atoms. The fourth-order valence-corrected chi connectivity index (χ4v) is 6.00. The monoisotopic (exact) mass is 504 g/mol. The third-order valence-corrected chi connectivity index (χ3v) is 7.76. The molecule has 0 radical (unpaired) electrons. The van der Waals surface area contributed by atoms with Crippen molar-refractivity contribution in [2.45, 2.75) is 38.3 Å². The standard InChI is InChI=1S/C23H26F2N6O3S/c1-11(32)23(34)31-9-12-4-14(5-13(12)10-31)30-19-15-2-3-26-20(15)27-6-16(19)22-29-7-17(35-22)21(33)28-8-18(24)25/h2-3,6-7,11-14,18,32H,4-5,8-10H2,1H3,(H,28,33)(H2,26,27,30)/t11-,12-,13+,14?/m0/s1. The van der Waals surface area contributed by atoms with Crippen LogP contribution in [-0.2, 0) is 4.79 Å². The molecule has 3 aromatic heterocycles. The third-order valence-electron chi connectivity index (χ3n) is 6.73. The van der Waals surface area contributed by atoms with E-state index in [0.717, 1.165) is 46.5 Å². The van der Waals surface area contributed by atoms with E-state index in [4.69, 9.17) is 0 Å². The minimum absolute atomic E-state index is 0.182. The van der Waals surface area contributed by atoms with Crippen molar-refractivity contribution < 1.29 is 23.5 Å². The summed E-state index contributed by atoms with van der Waals surface area (Å²) in [7, 11) is 0. The number of thiazole rings is 1. The predicted molar refractivity (Wildman–Crippen MR) is 127 cm³/mol. The van der Waals surface area contributed by atoms with Gasteiger partial charge in [0.1, 0.15) is 21.6 Å². The normalized spacial score (nSPS) is 22.5. The molecular formula is C23H26F2N6O3S. The lowest BCUT2D eigenvalue weighted by Crippen LogP contribution is -2.37. The van der Waals surface area contributed by atoms with Crippen LogP contribution in [0.1, 0.15) is 29.4 Å². The molecule has 186 valence electrons. The molecule has 4 atom stereocenters. The van der Waals surface area contributed by atoms with Crippen LogP contribution in [0, 0.1) is 11.8 Å². The van der Waals surface area contributed by atoms with Gasteiger partial charge in [-0.15, -0.1) is 11.3 Å². The summed E-state index contributed by atoms with van der Waals surface area (Å²) >= 11 is 1.13. The number of rotatable bonds is 7. The van der Waals surface area contributed by atoms with Crippen molar-refractivity contribution in [3.63, 3.8) is 0 Å². The highest BCUT2D eigenvalue weighted by Crippen LogP contribution is 2.42. The SMILES string of the molecule is C[C@H](O)C(=O)N1C[C@H]2CC(Nc3c(-c4ncc(C(=O)NCC(F)F)s4)cnc4[nH]ccc34)C[C@H]2C1. The van der Waals surface area contributed by atoms with E-state index in [1.54, 1.807) is 17.3 Å². The number of pyridine rings is 1. The second-order valence-electron chi connectivity index (χ2n) is 9.17. The summed E-state index contributed by atoms with van der Waals surface area (Å²) in [5.74, 6) is -0.0647. The Hall–Kier alpha value is -3.12. The second kappa shape index (κ2) is 9.50. The molecular weight excluding hydrogens is 478 g/mol. The zero-order valence-corrected chi connectivity index (χ0v) is 19.8. The number of alkyl halides is 2. The van der Waals surface area contributed by atoms with Crippen molar-refractivity contribution in [2.24, 2.45) is 11.8 Å². The first-order chi connectivity index (χ1) is 16.8. The number of nitrogens with zero attached hydrogens (tertiary/aromatic N) is 3. The Bertz CT molecular complexity index is 1230. The number of aromatic nitrogens is 3. The molecule has 2 fully saturated rings. The summed E-state index contributed by atoms with van der Waals surface area (Å²) in [6, 6.07) is 2.11. The molecule has 1 unspecified atom stereocenters. The van der Waals surface area contributed by atoms with E-state index in [-0.39, 0.29) is 16.8 Å². The number of aliphatic hydroxyl groups is 1. The van der Waals surface area contributed by atoms with Crippen molar-refractivity contribution in [1.29, 1.82) is 0 Å². The minimum atomic E-state index is -2.62. The van der Waals surface area contributed by atoms with Gasteiger partial charge in [0.15, 0.2) is 0 Å². The van der Waals surface area contributed by atoms with Gasteiger partial charge in [0.05, 0.1) is 24.0 Å². The zero-order valence-electron chi connectivity index (χ0n) is 19.0. The number of anilines is 1. The van der Waals surface area contributed by atoms with E-state index in [2.05, 4.69) is 25.6 Å². The number of fused-ring (bicyclic) bond motifs is 2. The first-order valence-electron chi connectivity index (χ1n) is 11.5. The van der Waals surface area contributed by atoms with Gasteiger partial charge in [0, 0.05) is 36.9 Å². The first-order valence-corrected chi connectivity index (χ1v) is 12.3. The van der Waals surface area contributed by atoms with E-state index in [1.807, 2.05) is 6.07 Å². The van der Waals surface area contributed by atoms with Crippen LogP contribution in [-0.4, -0.2) is 75.0 Å². The molecule has 4 N–H and O–H groups in total. The number of aromatic amines is 1. The van der Waals surface area contributed by atoms with Gasteiger partial charge in [-0.1, -0.05) is 0 Å². The van der Waals surface area contributed by atoms with Crippen LogP contribution in [0.5, 0.6) is 0 Å². The van der Waals surface area contributed by atoms with Crippen molar-refractivity contribution in [3.05, 3.63) is 29.5 Å². The van der Waals surface area contributed by atoms with E-state index in [9.17, 15) is 23.5 Å². The maximum Gasteiger partial charge on any atom is 0.263 e. The van der Waals surface area contributed by atoms with Crippen LogP contribution in [0.4, 0.5) is 14.5 Å². The van der Waals surface area contributed by atoms with E-state index >= 15 is 0 Å². The fraction of sp³-hybridized carbons (Fsp3) is 0.478. The van der Waals surface area contributed by atoms with E-state index in [1.165, 1.54) is 13.1 Å². The summed E-state index contributed by atoms with van der Waals surface area (Å²) in [5, 5.41) is 17.0. The highest BCUT2D eigenvalue weighted by atomic mass is 32.1. The predicted octanol–water partition coefficient (Wildman–Crippen LogP) is 2.71. The van der Waals surface area contributed by atoms with Gasteiger partial charge in [-0.05, 0) is 37.7 Å². The average molecular weight is 505 g/mol. The summed E-state index contributed by atoms with van der Waals surface area (Å²) in [6.07, 6.45) is 3.07. The molecule has 1 saturated carbocycles. The molecule has 2 amide bonds. The molecule has 1 aliphatic carbocycles.